The lowest BCUT2D eigenvalue weighted by Gasteiger charge is -2.22. The number of hydrogen-bond donors (Lipinski definition) is 0. The van der Waals surface area contributed by atoms with Crippen LogP contribution in [0.5, 0.6) is 0 Å². The zero-order valence-electron chi connectivity index (χ0n) is 18.4. The molecule has 6 rings (SSSR count). The van der Waals surface area contributed by atoms with Gasteiger partial charge in [-0.3, -0.25) is 0 Å². The van der Waals surface area contributed by atoms with Gasteiger partial charge >= 0.3 is 12.4 Å². The molecule has 4 heteroatoms. The molecule has 1 atom stereocenters. The van der Waals surface area contributed by atoms with E-state index in [1.165, 1.54) is 28.7 Å². The van der Waals surface area contributed by atoms with Crippen molar-refractivity contribution in [1.82, 2.24) is 0 Å². The molecule has 0 heterocycles. The summed E-state index contributed by atoms with van der Waals surface area (Å²) >= 11 is 0. The summed E-state index contributed by atoms with van der Waals surface area (Å²) in [7, 11) is 0. The van der Waals surface area contributed by atoms with Gasteiger partial charge < -0.3 is 9.47 Å². The van der Waals surface area contributed by atoms with E-state index in [1.54, 1.807) is 0 Å². The molecule has 0 bridgehead atoms. The normalized spacial score (nSPS) is 13.9. The largest absolute Gasteiger partial charge is 0.458 e. The van der Waals surface area contributed by atoms with Gasteiger partial charge in [0.25, 0.3) is 0 Å². The number of esters is 1. The molecular formula is C30H21O4. The molecule has 1 radical (unpaired) electrons. The fourth-order valence-corrected chi connectivity index (χ4v) is 5.41. The fourth-order valence-electron chi connectivity index (χ4n) is 5.41. The van der Waals surface area contributed by atoms with Crippen molar-refractivity contribution in [2.75, 3.05) is 0 Å². The minimum absolute atomic E-state index is 0.116. The second-order valence-electron chi connectivity index (χ2n) is 8.66. The van der Waals surface area contributed by atoms with Gasteiger partial charge in [0.05, 0.1) is 5.92 Å². The van der Waals surface area contributed by atoms with Gasteiger partial charge in [0, 0.05) is 0 Å². The van der Waals surface area contributed by atoms with E-state index < -0.39 is 18.0 Å². The van der Waals surface area contributed by atoms with Crippen molar-refractivity contribution in [2.24, 2.45) is 0 Å². The third-order valence-electron chi connectivity index (χ3n) is 6.91. The molecule has 34 heavy (non-hydrogen) atoms. The zero-order chi connectivity index (χ0) is 23.1. The molecule has 0 fully saturated rings. The molecule has 2 aliphatic carbocycles. The second kappa shape index (κ2) is 8.31. The minimum Gasteiger partial charge on any atom is -0.458 e. The van der Waals surface area contributed by atoms with Crippen LogP contribution in [0, 0.1) is 0 Å². The fraction of sp³-hybridized carbons (Fsp3) is 0.133. The SMILES string of the molecule is O=[C]OC(C(=O)OCc1cccc2c1Cc1ccccc1-2)C1c2ccccc2-c2ccccc21. The van der Waals surface area contributed by atoms with E-state index in [-0.39, 0.29) is 6.61 Å². The van der Waals surface area contributed by atoms with E-state index in [4.69, 9.17) is 9.47 Å². The van der Waals surface area contributed by atoms with Crippen molar-refractivity contribution in [3.8, 4) is 22.3 Å². The molecule has 0 N–H and O–H groups in total. The summed E-state index contributed by atoms with van der Waals surface area (Å²) in [5.41, 5.74) is 9.76. The number of carbonyl (C=O) groups is 1. The lowest BCUT2D eigenvalue weighted by atomic mass is 9.91. The third-order valence-corrected chi connectivity index (χ3v) is 6.91. The van der Waals surface area contributed by atoms with Crippen LogP contribution in [0.25, 0.3) is 22.3 Å². The number of ether oxygens (including phenoxy) is 2. The first-order valence-corrected chi connectivity index (χ1v) is 11.3. The highest BCUT2D eigenvalue weighted by molar-refractivity contribution is 5.85. The zero-order valence-corrected chi connectivity index (χ0v) is 18.4. The molecule has 0 saturated carbocycles. The van der Waals surface area contributed by atoms with Gasteiger partial charge in [-0.2, -0.15) is 0 Å². The van der Waals surface area contributed by atoms with Crippen LogP contribution in [0.2, 0.25) is 0 Å². The average Bonchev–Trinajstić information content (AvgIpc) is 3.42. The van der Waals surface area contributed by atoms with Gasteiger partial charge in [0.2, 0.25) is 6.10 Å². The van der Waals surface area contributed by atoms with Crippen LogP contribution in [0.3, 0.4) is 0 Å². The van der Waals surface area contributed by atoms with Gasteiger partial charge in [0.1, 0.15) is 6.61 Å². The summed E-state index contributed by atoms with van der Waals surface area (Å²) in [5.74, 6) is -1.01. The predicted octanol–water partition coefficient (Wildman–Crippen LogP) is 5.57. The van der Waals surface area contributed by atoms with Crippen molar-refractivity contribution < 1.29 is 19.1 Å². The number of hydrogen-bond acceptors (Lipinski definition) is 4. The minimum atomic E-state index is -1.11. The number of fused-ring (bicyclic) bond motifs is 6. The van der Waals surface area contributed by atoms with E-state index in [1.807, 2.05) is 72.8 Å². The van der Waals surface area contributed by atoms with Crippen molar-refractivity contribution in [1.29, 1.82) is 0 Å². The molecule has 4 nitrogen and oxygen atoms in total. The highest BCUT2D eigenvalue weighted by atomic mass is 16.6. The Morgan fingerprint density at radius 3 is 2.12 bits per heavy atom. The first-order valence-electron chi connectivity index (χ1n) is 11.3. The van der Waals surface area contributed by atoms with Crippen LogP contribution in [0.1, 0.15) is 33.7 Å². The molecule has 165 valence electrons. The number of carbonyl (C=O) groups excluding carboxylic acids is 2. The Morgan fingerprint density at radius 1 is 0.794 bits per heavy atom. The van der Waals surface area contributed by atoms with Gasteiger partial charge in [-0.25, -0.2) is 9.59 Å². The van der Waals surface area contributed by atoms with E-state index in [9.17, 15) is 9.59 Å². The predicted molar refractivity (Wildman–Crippen MR) is 129 cm³/mol. The molecule has 4 aromatic carbocycles. The Hall–Kier alpha value is -4.18. The third kappa shape index (κ3) is 3.22. The van der Waals surface area contributed by atoms with Crippen molar-refractivity contribution in [3.05, 3.63) is 119 Å². The molecule has 0 aromatic heterocycles. The smallest absolute Gasteiger partial charge is 0.418 e. The van der Waals surface area contributed by atoms with E-state index in [0.29, 0.717) is 0 Å². The summed E-state index contributed by atoms with van der Waals surface area (Å²) in [6.07, 6.45) is -0.304. The second-order valence-corrected chi connectivity index (χ2v) is 8.66. The Morgan fingerprint density at radius 2 is 1.41 bits per heavy atom. The average molecular weight is 445 g/mol. The van der Waals surface area contributed by atoms with Gasteiger partial charge in [-0.05, 0) is 56.5 Å². The van der Waals surface area contributed by atoms with E-state index in [0.717, 1.165) is 34.2 Å². The van der Waals surface area contributed by atoms with Crippen molar-refractivity contribution >= 4 is 12.4 Å². The molecule has 0 aliphatic heterocycles. The summed E-state index contributed by atoms with van der Waals surface area (Å²) in [5, 5.41) is 0. The van der Waals surface area contributed by atoms with Gasteiger partial charge in [0.15, 0.2) is 0 Å². The molecular weight excluding hydrogens is 424 g/mol. The van der Waals surface area contributed by atoms with Crippen LogP contribution < -0.4 is 0 Å². The summed E-state index contributed by atoms with van der Waals surface area (Å²) in [4.78, 5) is 24.6. The lowest BCUT2D eigenvalue weighted by Crippen LogP contribution is -2.32. The Kier molecular flexibility index (Phi) is 4.99. The Bertz CT molecular complexity index is 1380. The van der Waals surface area contributed by atoms with Crippen LogP contribution in [-0.2, 0) is 32.1 Å². The van der Waals surface area contributed by atoms with Crippen LogP contribution in [0.15, 0.2) is 91.0 Å². The maximum absolute atomic E-state index is 13.3. The summed E-state index contributed by atoms with van der Waals surface area (Å²) < 4.78 is 11.0. The number of benzene rings is 4. The molecule has 2 aliphatic rings. The van der Waals surface area contributed by atoms with Crippen molar-refractivity contribution in [3.63, 3.8) is 0 Å². The van der Waals surface area contributed by atoms with Crippen molar-refractivity contribution in [2.45, 2.75) is 25.0 Å². The van der Waals surface area contributed by atoms with E-state index >= 15 is 0 Å². The lowest BCUT2D eigenvalue weighted by molar-refractivity contribution is -0.154. The summed E-state index contributed by atoms with van der Waals surface area (Å²) in [6.45, 7) is 1.60. The Balaban J connectivity index is 1.29. The molecule has 1 unspecified atom stereocenters. The molecule has 4 aromatic rings. The first-order chi connectivity index (χ1) is 16.8. The first kappa shape index (κ1) is 20.4. The summed E-state index contributed by atoms with van der Waals surface area (Å²) in [6, 6.07) is 30.2. The maximum Gasteiger partial charge on any atom is 0.418 e. The number of rotatable bonds is 6. The Labute approximate surface area is 197 Å². The van der Waals surface area contributed by atoms with Crippen LogP contribution >= 0.6 is 0 Å². The topological polar surface area (TPSA) is 52.6 Å². The van der Waals surface area contributed by atoms with Gasteiger partial charge in [-0.15, -0.1) is 0 Å². The molecule has 0 spiro atoms. The molecule has 0 saturated heterocycles. The standard InChI is InChI=1S/C30H21O4/c31-18-34-29(28-25-13-5-3-11-23(25)24-12-4-6-14-26(24)28)30(32)33-17-20-9-7-15-22-21-10-2-1-8-19(21)16-27(20)22/h1-15,28-29H,16-17H2. The highest BCUT2D eigenvalue weighted by Gasteiger charge is 2.40. The van der Waals surface area contributed by atoms with Crippen LogP contribution in [-0.4, -0.2) is 18.5 Å². The quantitative estimate of drug-likeness (QED) is 0.321. The maximum atomic E-state index is 13.3. The van der Waals surface area contributed by atoms with E-state index in [2.05, 4.69) is 18.2 Å². The monoisotopic (exact) mass is 445 g/mol. The molecule has 0 amide bonds. The van der Waals surface area contributed by atoms with Gasteiger partial charge in [-0.1, -0.05) is 91.0 Å². The highest BCUT2D eigenvalue weighted by Crippen LogP contribution is 2.47. The van der Waals surface area contributed by atoms with Crippen LogP contribution in [0.4, 0.5) is 0 Å².